The number of nitrogens with one attached hydrogen (secondary N) is 2. The summed E-state index contributed by atoms with van der Waals surface area (Å²) in [6.45, 7) is 1.99. The van der Waals surface area contributed by atoms with Crippen LogP contribution < -0.4 is 15.4 Å². The van der Waals surface area contributed by atoms with Gasteiger partial charge in [0.1, 0.15) is 11.6 Å². The molecule has 0 aliphatic heterocycles. The van der Waals surface area contributed by atoms with Gasteiger partial charge in [0.05, 0.1) is 7.11 Å². The summed E-state index contributed by atoms with van der Waals surface area (Å²) in [6, 6.07) is 11.4. The molecule has 0 unspecified atom stereocenters. The minimum atomic E-state index is 0.490. The summed E-state index contributed by atoms with van der Waals surface area (Å²) in [6.07, 6.45) is 1.79. The first kappa shape index (κ1) is 13.3. The van der Waals surface area contributed by atoms with Gasteiger partial charge in [0.25, 0.3) is 0 Å². The Morgan fingerprint density at radius 3 is 2.74 bits per heavy atom. The van der Waals surface area contributed by atoms with Crippen molar-refractivity contribution < 1.29 is 4.74 Å². The SMILES string of the molecule is COc1cccc(NC(=S)Nc2ccc(C)cn2)c1. The van der Waals surface area contributed by atoms with Gasteiger partial charge in [-0.2, -0.15) is 0 Å². The number of nitrogens with zero attached hydrogens (tertiary/aromatic N) is 1. The van der Waals surface area contributed by atoms with Gasteiger partial charge in [-0.1, -0.05) is 12.1 Å². The quantitative estimate of drug-likeness (QED) is 0.841. The topological polar surface area (TPSA) is 46.2 Å². The van der Waals surface area contributed by atoms with E-state index in [2.05, 4.69) is 15.6 Å². The molecule has 98 valence electrons. The van der Waals surface area contributed by atoms with E-state index in [-0.39, 0.29) is 0 Å². The number of hydrogen-bond donors (Lipinski definition) is 2. The van der Waals surface area contributed by atoms with Gasteiger partial charge in [-0.3, -0.25) is 0 Å². The number of aryl methyl sites for hydroxylation is 1. The molecule has 2 aromatic rings. The first-order chi connectivity index (χ1) is 9.17. The Hall–Kier alpha value is -2.14. The average molecular weight is 273 g/mol. The van der Waals surface area contributed by atoms with E-state index in [1.165, 1.54) is 0 Å². The number of hydrogen-bond acceptors (Lipinski definition) is 3. The van der Waals surface area contributed by atoms with E-state index < -0.39 is 0 Å². The van der Waals surface area contributed by atoms with Crippen molar-refractivity contribution in [3.05, 3.63) is 48.2 Å². The van der Waals surface area contributed by atoms with E-state index in [0.29, 0.717) is 10.9 Å². The molecule has 0 saturated carbocycles. The van der Waals surface area contributed by atoms with Crippen LogP contribution in [0, 0.1) is 6.92 Å². The molecular formula is C14H15N3OS. The highest BCUT2D eigenvalue weighted by atomic mass is 32.1. The predicted octanol–water partition coefficient (Wildman–Crippen LogP) is 3.21. The first-order valence-electron chi connectivity index (χ1n) is 5.82. The fourth-order valence-electron chi connectivity index (χ4n) is 1.52. The molecule has 0 amide bonds. The highest BCUT2D eigenvalue weighted by Crippen LogP contribution is 2.17. The molecule has 2 rings (SSSR count). The van der Waals surface area contributed by atoms with Crippen molar-refractivity contribution in [2.45, 2.75) is 6.92 Å². The number of rotatable bonds is 3. The van der Waals surface area contributed by atoms with Crippen molar-refractivity contribution in [2.24, 2.45) is 0 Å². The van der Waals surface area contributed by atoms with Gasteiger partial charge in [0.15, 0.2) is 5.11 Å². The van der Waals surface area contributed by atoms with Crippen molar-refractivity contribution in [3.8, 4) is 5.75 Å². The lowest BCUT2D eigenvalue weighted by molar-refractivity contribution is 0.415. The molecule has 0 fully saturated rings. The van der Waals surface area contributed by atoms with Crippen LogP contribution in [0.5, 0.6) is 5.75 Å². The van der Waals surface area contributed by atoms with E-state index in [9.17, 15) is 0 Å². The Labute approximate surface area is 117 Å². The Balaban J connectivity index is 1.99. The minimum absolute atomic E-state index is 0.490. The van der Waals surface area contributed by atoms with Gasteiger partial charge in [-0.25, -0.2) is 4.98 Å². The summed E-state index contributed by atoms with van der Waals surface area (Å²) in [7, 11) is 1.63. The maximum atomic E-state index is 5.23. The number of benzene rings is 1. The molecule has 1 heterocycles. The zero-order chi connectivity index (χ0) is 13.7. The second kappa shape index (κ2) is 6.15. The second-order valence-electron chi connectivity index (χ2n) is 4.03. The zero-order valence-corrected chi connectivity index (χ0v) is 11.6. The fourth-order valence-corrected chi connectivity index (χ4v) is 1.74. The maximum Gasteiger partial charge on any atom is 0.176 e. The van der Waals surface area contributed by atoms with Crippen LogP contribution in [0.25, 0.3) is 0 Å². The van der Waals surface area contributed by atoms with Crippen molar-refractivity contribution >= 4 is 28.8 Å². The highest BCUT2D eigenvalue weighted by Gasteiger charge is 2.00. The second-order valence-corrected chi connectivity index (χ2v) is 4.44. The normalized spacial score (nSPS) is 9.79. The number of methoxy groups -OCH3 is 1. The first-order valence-corrected chi connectivity index (χ1v) is 6.23. The van der Waals surface area contributed by atoms with Crippen molar-refractivity contribution in [2.75, 3.05) is 17.7 Å². The summed E-state index contributed by atoms with van der Waals surface area (Å²) in [5.41, 5.74) is 1.97. The smallest absolute Gasteiger partial charge is 0.176 e. The standard InChI is InChI=1S/C14H15N3OS/c1-10-6-7-13(15-9-10)17-14(19)16-11-4-3-5-12(8-11)18-2/h3-9H,1-2H3,(H2,15,16,17,19). The lowest BCUT2D eigenvalue weighted by Crippen LogP contribution is -2.19. The van der Waals surface area contributed by atoms with E-state index in [0.717, 1.165) is 17.0 Å². The minimum Gasteiger partial charge on any atom is -0.497 e. The summed E-state index contributed by atoms with van der Waals surface area (Å²) >= 11 is 5.23. The van der Waals surface area contributed by atoms with Crippen LogP contribution in [0.2, 0.25) is 0 Å². The molecule has 0 radical (unpaired) electrons. The van der Waals surface area contributed by atoms with Crippen LogP contribution in [0.15, 0.2) is 42.6 Å². The summed E-state index contributed by atoms with van der Waals surface area (Å²) < 4.78 is 5.15. The lowest BCUT2D eigenvalue weighted by Gasteiger charge is -2.10. The lowest BCUT2D eigenvalue weighted by atomic mass is 10.3. The third kappa shape index (κ3) is 3.93. The van der Waals surface area contributed by atoms with E-state index in [1.54, 1.807) is 13.3 Å². The predicted molar refractivity (Wildman–Crippen MR) is 81.8 cm³/mol. The number of pyridine rings is 1. The molecule has 0 atom stereocenters. The molecule has 1 aromatic heterocycles. The van der Waals surface area contributed by atoms with Crippen molar-refractivity contribution in [3.63, 3.8) is 0 Å². The van der Waals surface area contributed by atoms with Crippen molar-refractivity contribution in [1.82, 2.24) is 4.98 Å². The Bertz CT molecular complexity index is 569. The van der Waals surface area contributed by atoms with Gasteiger partial charge in [-0.15, -0.1) is 0 Å². The molecular weight excluding hydrogens is 258 g/mol. The third-order valence-corrected chi connectivity index (χ3v) is 2.68. The molecule has 0 saturated heterocycles. The van der Waals surface area contributed by atoms with E-state index in [1.807, 2.05) is 43.3 Å². The van der Waals surface area contributed by atoms with Crippen LogP contribution in [0.1, 0.15) is 5.56 Å². The van der Waals surface area contributed by atoms with Crippen LogP contribution in [0.3, 0.4) is 0 Å². The fraction of sp³-hybridized carbons (Fsp3) is 0.143. The number of ether oxygens (including phenoxy) is 1. The molecule has 1 aromatic carbocycles. The summed E-state index contributed by atoms with van der Waals surface area (Å²) in [4.78, 5) is 4.23. The number of thiocarbonyl (C=S) groups is 1. The maximum absolute atomic E-state index is 5.23. The van der Waals surface area contributed by atoms with Gasteiger partial charge in [-0.05, 0) is 42.9 Å². The number of aromatic nitrogens is 1. The largest absolute Gasteiger partial charge is 0.497 e. The Morgan fingerprint density at radius 1 is 1.21 bits per heavy atom. The average Bonchev–Trinajstić information content (AvgIpc) is 2.41. The van der Waals surface area contributed by atoms with E-state index >= 15 is 0 Å². The van der Waals surface area contributed by atoms with Crippen LogP contribution in [-0.4, -0.2) is 17.2 Å². The molecule has 0 bridgehead atoms. The Morgan fingerprint density at radius 2 is 2.05 bits per heavy atom. The molecule has 0 spiro atoms. The molecule has 2 N–H and O–H groups in total. The van der Waals surface area contributed by atoms with Gasteiger partial charge in [0.2, 0.25) is 0 Å². The third-order valence-electron chi connectivity index (χ3n) is 2.48. The van der Waals surface area contributed by atoms with E-state index in [4.69, 9.17) is 17.0 Å². The summed E-state index contributed by atoms with van der Waals surface area (Å²) in [5.74, 6) is 1.49. The molecule has 0 aliphatic rings. The molecule has 19 heavy (non-hydrogen) atoms. The van der Waals surface area contributed by atoms with Crippen LogP contribution in [-0.2, 0) is 0 Å². The highest BCUT2D eigenvalue weighted by molar-refractivity contribution is 7.80. The number of anilines is 2. The zero-order valence-electron chi connectivity index (χ0n) is 10.8. The van der Waals surface area contributed by atoms with Crippen LogP contribution >= 0.6 is 12.2 Å². The molecule has 5 heteroatoms. The Kier molecular flexibility index (Phi) is 4.30. The van der Waals surface area contributed by atoms with Gasteiger partial charge in [0, 0.05) is 18.0 Å². The summed E-state index contributed by atoms with van der Waals surface area (Å²) in [5, 5.41) is 6.59. The van der Waals surface area contributed by atoms with Gasteiger partial charge < -0.3 is 15.4 Å². The molecule has 0 aliphatic carbocycles. The van der Waals surface area contributed by atoms with Gasteiger partial charge >= 0.3 is 0 Å². The van der Waals surface area contributed by atoms with Crippen LogP contribution in [0.4, 0.5) is 11.5 Å². The monoisotopic (exact) mass is 273 g/mol. The van der Waals surface area contributed by atoms with Crippen molar-refractivity contribution in [1.29, 1.82) is 0 Å². The molecule has 4 nitrogen and oxygen atoms in total.